The highest BCUT2D eigenvalue weighted by Gasteiger charge is 2.35. The van der Waals surface area contributed by atoms with Crippen LogP contribution < -0.4 is 11.1 Å². The second-order valence-electron chi connectivity index (χ2n) is 6.27. The van der Waals surface area contributed by atoms with Crippen molar-refractivity contribution in [2.75, 3.05) is 25.6 Å². The Morgan fingerprint density at radius 1 is 1.04 bits per heavy atom. The van der Waals surface area contributed by atoms with Crippen LogP contribution in [0.3, 0.4) is 0 Å². The highest BCUT2D eigenvalue weighted by Crippen LogP contribution is 2.24. The number of fused-ring (bicyclic) bond motifs is 1. The Hall–Kier alpha value is -3.52. The largest absolute Gasteiger partial charge is 0.385 e. The molecule has 28 heavy (non-hydrogen) atoms. The molecule has 0 saturated heterocycles. The van der Waals surface area contributed by atoms with Crippen LogP contribution in [0.15, 0.2) is 42.5 Å². The number of methoxy groups -OCH3 is 1. The zero-order chi connectivity index (χ0) is 20.3. The molecule has 0 aromatic heterocycles. The number of carbonyl (C=O) groups is 4. The normalized spacial score (nSPS) is 12.8. The predicted octanol–water partition coefficient (Wildman–Crippen LogP) is 1.67. The summed E-state index contributed by atoms with van der Waals surface area (Å²) in [6.45, 7) is 0.688. The first-order chi connectivity index (χ1) is 13.4. The summed E-state index contributed by atoms with van der Waals surface area (Å²) in [5.74, 6) is -1.88. The first-order valence-electron chi connectivity index (χ1n) is 8.62. The summed E-state index contributed by atoms with van der Waals surface area (Å²) in [6.07, 6.45) is 0.533. The highest BCUT2D eigenvalue weighted by atomic mass is 16.5. The van der Waals surface area contributed by atoms with Gasteiger partial charge in [-0.2, -0.15) is 0 Å². The maximum atomic E-state index is 12.5. The van der Waals surface area contributed by atoms with E-state index in [9.17, 15) is 19.2 Å². The van der Waals surface area contributed by atoms with Crippen molar-refractivity contribution in [2.45, 2.75) is 6.42 Å². The minimum absolute atomic E-state index is 0.195. The van der Waals surface area contributed by atoms with Crippen LogP contribution in [0, 0.1) is 0 Å². The number of rotatable bonds is 7. The molecule has 1 aliphatic heterocycles. The Bertz CT molecular complexity index is 970. The molecular formula is C20H19N3O5. The molecular weight excluding hydrogens is 362 g/mol. The summed E-state index contributed by atoms with van der Waals surface area (Å²) < 4.78 is 4.95. The number of imide groups is 1. The third kappa shape index (κ3) is 3.77. The zero-order valence-electron chi connectivity index (χ0n) is 15.2. The van der Waals surface area contributed by atoms with Gasteiger partial charge >= 0.3 is 0 Å². The van der Waals surface area contributed by atoms with Crippen molar-refractivity contribution in [3.63, 3.8) is 0 Å². The van der Waals surface area contributed by atoms with Crippen LogP contribution in [-0.4, -0.2) is 48.8 Å². The summed E-state index contributed by atoms with van der Waals surface area (Å²) in [6, 6.07) is 10.6. The highest BCUT2D eigenvalue weighted by molar-refractivity contribution is 6.22. The summed E-state index contributed by atoms with van der Waals surface area (Å²) in [4.78, 5) is 49.9. The van der Waals surface area contributed by atoms with E-state index in [1.807, 2.05) is 0 Å². The molecule has 0 atom stereocenters. The third-order valence-electron chi connectivity index (χ3n) is 4.37. The molecule has 0 radical (unpaired) electrons. The fraction of sp³-hybridized carbons (Fsp3) is 0.200. The first-order valence-corrected chi connectivity index (χ1v) is 8.62. The van der Waals surface area contributed by atoms with Crippen LogP contribution in [-0.2, 0) is 4.74 Å². The molecule has 2 aromatic rings. The van der Waals surface area contributed by atoms with Gasteiger partial charge in [-0.15, -0.1) is 0 Å². The molecule has 0 fully saturated rings. The van der Waals surface area contributed by atoms with E-state index in [-0.39, 0.29) is 34.7 Å². The standard InChI is InChI=1S/C20H19N3O5/c1-28-9-3-8-23-19(26)15-7-6-13(11-16(15)20(23)27)18(25)22-14-5-2-4-12(10-14)17(21)24/h2,4-7,10-11H,3,8-9H2,1H3,(H2,21,24)(H,22,25). The monoisotopic (exact) mass is 381 g/mol. The number of ether oxygens (including phenoxy) is 1. The van der Waals surface area contributed by atoms with Crippen molar-refractivity contribution < 1.29 is 23.9 Å². The van der Waals surface area contributed by atoms with Gasteiger partial charge in [0.25, 0.3) is 17.7 Å². The molecule has 8 nitrogen and oxygen atoms in total. The Kier molecular flexibility index (Phi) is 5.51. The molecule has 0 saturated carbocycles. The topological polar surface area (TPSA) is 119 Å². The van der Waals surface area contributed by atoms with E-state index >= 15 is 0 Å². The van der Waals surface area contributed by atoms with Gasteiger partial charge in [-0.05, 0) is 42.8 Å². The number of anilines is 1. The summed E-state index contributed by atoms with van der Waals surface area (Å²) >= 11 is 0. The van der Waals surface area contributed by atoms with Crippen molar-refractivity contribution >= 4 is 29.3 Å². The van der Waals surface area contributed by atoms with Crippen molar-refractivity contribution in [1.29, 1.82) is 0 Å². The lowest BCUT2D eigenvalue weighted by atomic mass is 10.1. The smallest absolute Gasteiger partial charge is 0.261 e. The summed E-state index contributed by atoms with van der Waals surface area (Å²) in [5.41, 5.74) is 6.59. The van der Waals surface area contributed by atoms with Gasteiger partial charge in [-0.3, -0.25) is 24.1 Å². The summed E-state index contributed by atoms with van der Waals surface area (Å²) in [7, 11) is 1.55. The van der Waals surface area contributed by atoms with Gasteiger partial charge in [-0.1, -0.05) is 6.07 Å². The number of primary amides is 1. The van der Waals surface area contributed by atoms with Crippen molar-refractivity contribution in [2.24, 2.45) is 5.73 Å². The van der Waals surface area contributed by atoms with Crippen LogP contribution in [0.2, 0.25) is 0 Å². The lowest BCUT2D eigenvalue weighted by molar-refractivity contribution is 0.0638. The summed E-state index contributed by atoms with van der Waals surface area (Å²) in [5, 5.41) is 2.65. The molecule has 1 heterocycles. The van der Waals surface area contributed by atoms with Crippen molar-refractivity contribution in [3.05, 3.63) is 64.7 Å². The Morgan fingerprint density at radius 2 is 1.79 bits per heavy atom. The molecule has 1 aliphatic rings. The number of nitrogens with two attached hydrogens (primary N) is 1. The second-order valence-corrected chi connectivity index (χ2v) is 6.27. The Morgan fingerprint density at radius 3 is 2.50 bits per heavy atom. The van der Waals surface area contributed by atoms with E-state index in [0.29, 0.717) is 18.7 Å². The molecule has 8 heteroatoms. The third-order valence-corrected chi connectivity index (χ3v) is 4.37. The average molecular weight is 381 g/mol. The lowest BCUT2D eigenvalue weighted by Gasteiger charge is -2.12. The number of benzene rings is 2. The molecule has 144 valence electrons. The number of hydrogen-bond acceptors (Lipinski definition) is 5. The van der Waals surface area contributed by atoms with Crippen LogP contribution in [0.4, 0.5) is 5.69 Å². The van der Waals surface area contributed by atoms with Crippen LogP contribution in [0.1, 0.15) is 47.9 Å². The molecule has 2 aromatic carbocycles. The first kappa shape index (κ1) is 19.2. The maximum absolute atomic E-state index is 12.5. The molecule has 4 amide bonds. The van der Waals surface area contributed by atoms with Gasteiger partial charge < -0.3 is 15.8 Å². The van der Waals surface area contributed by atoms with Crippen LogP contribution in [0.25, 0.3) is 0 Å². The van der Waals surface area contributed by atoms with E-state index in [1.54, 1.807) is 19.2 Å². The number of hydrogen-bond donors (Lipinski definition) is 2. The predicted molar refractivity (Wildman–Crippen MR) is 101 cm³/mol. The van der Waals surface area contributed by atoms with Gasteiger partial charge in [0.1, 0.15) is 0 Å². The number of nitrogens with zero attached hydrogens (tertiary/aromatic N) is 1. The van der Waals surface area contributed by atoms with Crippen LogP contribution in [0.5, 0.6) is 0 Å². The van der Waals surface area contributed by atoms with E-state index in [2.05, 4.69) is 5.32 Å². The molecule has 0 spiro atoms. The Labute approximate surface area is 161 Å². The van der Waals surface area contributed by atoms with Gasteiger partial charge in [0.15, 0.2) is 0 Å². The number of amides is 4. The molecule has 3 N–H and O–H groups in total. The van der Waals surface area contributed by atoms with E-state index in [4.69, 9.17) is 10.5 Å². The van der Waals surface area contributed by atoms with Crippen molar-refractivity contribution in [1.82, 2.24) is 4.90 Å². The van der Waals surface area contributed by atoms with Gasteiger partial charge in [0, 0.05) is 37.1 Å². The molecule has 0 unspecified atom stereocenters. The maximum Gasteiger partial charge on any atom is 0.261 e. The Balaban J connectivity index is 1.78. The lowest BCUT2D eigenvalue weighted by Crippen LogP contribution is -2.31. The molecule has 0 aliphatic carbocycles. The number of carbonyl (C=O) groups excluding carboxylic acids is 4. The van der Waals surface area contributed by atoms with Gasteiger partial charge in [-0.25, -0.2) is 0 Å². The van der Waals surface area contributed by atoms with E-state index < -0.39 is 17.7 Å². The SMILES string of the molecule is COCCCN1C(=O)c2ccc(C(=O)Nc3cccc(C(N)=O)c3)cc2C1=O. The molecule has 0 bridgehead atoms. The van der Waals surface area contributed by atoms with E-state index in [1.165, 1.54) is 30.3 Å². The van der Waals surface area contributed by atoms with Gasteiger partial charge in [0.05, 0.1) is 11.1 Å². The fourth-order valence-electron chi connectivity index (χ4n) is 2.96. The minimum atomic E-state index is -0.605. The zero-order valence-corrected chi connectivity index (χ0v) is 15.2. The van der Waals surface area contributed by atoms with Crippen LogP contribution >= 0.6 is 0 Å². The van der Waals surface area contributed by atoms with E-state index in [0.717, 1.165) is 4.90 Å². The number of nitrogens with one attached hydrogen (secondary N) is 1. The minimum Gasteiger partial charge on any atom is -0.385 e. The quantitative estimate of drug-likeness (QED) is 0.559. The second kappa shape index (κ2) is 8.01. The van der Waals surface area contributed by atoms with Gasteiger partial charge in [0.2, 0.25) is 5.91 Å². The fourth-order valence-corrected chi connectivity index (χ4v) is 2.96. The van der Waals surface area contributed by atoms with Crippen molar-refractivity contribution in [3.8, 4) is 0 Å². The molecule has 3 rings (SSSR count). The average Bonchev–Trinajstić information content (AvgIpc) is 2.92.